The first kappa shape index (κ1) is 17.9. The van der Waals surface area contributed by atoms with Gasteiger partial charge >= 0.3 is 0 Å². The molecule has 1 amide bonds. The SMILES string of the molecule is O=C(Nc1nc(-c2ccc3c(c2)CCCC3)cs1)c1sc2ccccc2c1Cl. The van der Waals surface area contributed by atoms with Crippen molar-refractivity contribution in [3.8, 4) is 11.3 Å². The highest BCUT2D eigenvalue weighted by molar-refractivity contribution is 7.21. The van der Waals surface area contributed by atoms with Crippen molar-refractivity contribution in [2.75, 3.05) is 5.32 Å². The molecular weight excluding hydrogens is 408 g/mol. The topological polar surface area (TPSA) is 42.0 Å². The number of aromatic nitrogens is 1. The fourth-order valence-electron chi connectivity index (χ4n) is 3.67. The summed E-state index contributed by atoms with van der Waals surface area (Å²) in [6.07, 6.45) is 4.84. The quantitative estimate of drug-likeness (QED) is 0.392. The molecule has 3 nitrogen and oxygen atoms in total. The molecule has 0 atom stereocenters. The number of aryl methyl sites for hydroxylation is 2. The predicted octanol–water partition coefficient (Wildman–Crippen LogP) is 6.81. The van der Waals surface area contributed by atoms with E-state index >= 15 is 0 Å². The van der Waals surface area contributed by atoms with E-state index in [2.05, 4.69) is 28.5 Å². The van der Waals surface area contributed by atoms with Crippen LogP contribution in [0.3, 0.4) is 0 Å². The van der Waals surface area contributed by atoms with Gasteiger partial charge in [-0.3, -0.25) is 10.1 Å². The van der Waals surface area contributed by atoms with Crippen molar-refractivity contribution < 1.29 is 4.79 Å². The Kier molecular flexibility index (Phi) is 4.67. The molecule has 5 rings (SSSR count). The van der Waals surface area contributed by atoms with E-state index < -0.39 is 0 Å². The number of carbonyl (C=O) groups excluding carboxylic acids is 1. The maximum Gasteiger partial charge on any atom is 0.269 e. The summed E-state index contributed by atoms with van der Waals surface area (Å²) in [5.74, 6) is -0.211. The minimum absolute atomic E-state index is 0.211. The molecule has 2 heterocycles. The number of rotatable bonds is 3. The van der Waals surface area contributed by atoms with Gasteiger partial charge in [-0.25, -0.2) is 4.98 Å². The maximum absolute atomic E-state index is 12.7. The molecule has 2 aromatic carbocycles. The largest absolute Gasteiger partial charge is 0.297 e. The van der Waals surface area contributed by atoms with E-state index in [1.807, 2.05) is 29.6 Å². The fraction of sp³-hybridized carbons (Fsp3) is 0.182. The number of amides is 1. The van der Waals surface area contributed by atoms with Crippen LogP contribution in [0.5, 0.6) is 0 Å². The van der Waals surface area contributed by atoms with Crippen LogP contribution in [-0.4, -0.2) is 10.9 Å². The zero-order chi connectivity index (χ0) is 19.1. The summed E-state index contributed by atoms with van der Waals surface area (Å²) < 4.78 is 1.01. The minimum atomic E-state index is -0.211. The average Bonchev–Trinajstić information content (AvgIpc) is 3.32. The first-order valence-electron chi connectivity index (χ1n) is 9.25. The van der Waals surface area contributed by atoms with Gasteiger partial charge in [-0.1, -0.05) is 41.9 Å². The van der Waals surface area contributed by atoms with E-state index in [1.165, 1.54) is 53.1 Å². The van der Waals surface area contributed by atoms with Gasteiger partial charge in [0.15, 0.2) is 5.13 Å². The molecule has 0 unspecified atom stereocenters. The van der Waals surface area contributed by atoms with Gasteiger partial charge in [0.1, 0.15) is 4.88 Å². The smallest absolute Gasteiger partial charge is 0.269 e. The van der Waals surface area contributed by atoms with Gasteiger partial charge in [0, 0.05) is 21.0 Å². The molecule has 1 aliphatic rings. The molecule has 1 N–H and O–H groups in total. The van der Waals surface area contributed by atoms with Gasteiger partial charge in [-0.15, -0.1) is 22.7 Å². The molecule has 0 bridgehead atoms. The third-order valence-electron chi connectivity index (χ3n) is 5.11. The summed E-state index contributed by atoms with van der Waals surface area (Å²) in [6, 6.07) is 14.4. The Hall–Kier alpha value is -2.21. The van der Waals surface area contributed by atoms with Gasteiger partial charge in [-0.2, -0.15) is 0 Å². The van der Waals surface area contributed by atoms with E-state index in [0.717, 1.165) is 27.8 Å². The molecule has 28 heavy (non-hydrogen) atoms. The average molecular weight is 425 g/mol. The first-order valence-corrected chi connectivity index (χ1v) is 11.3. The molecule has 0 spiro atoms. The molecule has 1 aliphatic carbocycles. The number of hydrogen-bond donors (Lipinski definition) is 1. The third-order valence-corrected chi connectivity index (χ3v) is 7.54. The van der Waals surface area contributed by atoms with Crippen LogP contribution in [0, 0.1) is 0 Å². The Morgan fingerprint density at radius 3 is 2.75 bits per heavy atom. The van der Waals surface area contributed by atoms with Crippen LogP contribution < -0.4 is 5.32 Å². The van der Waals surface area contributed by atoms with Crippen molar-refractivity contribution in [3.05, 3.63) is 68.9 Å². The molecule has 0 aliphatic heterocycles. The van der Waals surface area contributed by atoms with E-state index in [0.29, 0.717) is 15.0 Å². The van der Waals surface area contributed by atoms with E-state index in [1.54, 1.807) is 0 Å². The van der Waals surface area contributed by atoms with Crippen molar-refractivity contribution in [2.45, 2.75) is 25.7 Å². The lowest BCUT2D eigenvalue weighted by Gasteiger charge is -2.16. The molecule has 0 saturated carbocycles. The number of anilines is 1. The maximum atomic E-state index is 12.7. The van der Waals surface area contributed by atoms with E-state index in [9.17, 15) is 4.79 Å². The van der Waals surface area contributed by atoms with Gasteiger partial charge in [-0.05, 0) is 48.9 Å². The molecule has 0 radical (unpaired) electrons. The second-order valence-electron chi connectivity index (χ2n) is 6.92. The number of carbonyl (C=O) groups is 1. The number of halogens is 1. The summed E-state index contributed by atoms with van der Waals surface area (Å²) in [7, 11) is 0. The number of benzene rings is 2. The summed E-state index contributed by atoms with van der Waals surface area (Å²) in [5, 5.41) is 6.90. The van der Waals surface area contributed by atoms with E-state index in [4.69, 9.17) is 11.6 Å². The number of nitrogens with one attached hydrogen (secondary N) is 1. The molecular formula is C22H17ClN2OS2. The van der Waals surface area contributed by atoms with E-state index in [-0.39, 0.29) is 5.91 Å². The van der Waals surface area contributed by atoms with Gasteiger partial charge in [0.2, 0.25) is 0 Å². The van der Waals surface area contributed by atoms with Gasteiger partial charge < -0.3 is 0 Å². The Labute approximate surface area is 176 Å². The summed E-state index contributed by atoms with van der Waals surface area (Å²) in [4.78, 5) is 17.9. The molecule has 0 fully saturated rings. The Morgan fingerprint density at radius 2 is 1.89 bits per heavy atom. The van der Waals surface area contributed by atoms with Crippen LogP contribution >= 0.6 is 34.3 Å². The van der Waals surface area contributed by atoms with Crippen LogP contribution in [0.2, 0.25) is 5.02 Å². The highest BCUT2D eigenvalue weighted by atomic mass is 35.5. The summed E-state index contributed by atoms with van der Waals surface area (Å²) >= 11 is 9.26. The van der Waals surface area contributed by atoms with Crippen LogP contribution in [0.4, 0.5) is 5.13 Å². The zero-order valence-corrected chi connectivity index (χ0v) is 17.4. The molecule has 140 valence electrons. The molecule has 4 aromatic rings. The monoisotopic (exact) mass is 424 g/mol. The number of fused-ring (bicyclic) bond motifs is 2. The van der Waals surface area contributed by atoms with Crippen molar-refractivity contribution in [3.63, 3.8) is 0 Å². The Morgan fingerprint density at radius 1 is 1.07 bits per heavy atom. The van der Waals surface area contributed by atoms with Crippen molar-refractivity contribution in [1.82, 2.24) is 4.98 Å². The normalized spacial score (nSPS) is 13.5. The molecule has 2 aromatic heterocycles. The van der Waals surface area contributed by atoms with Crippen molar-refractivity contribution in [1.29, 1.82) is 0 Å². The predicted molar refractivity (Wildman–Crippen MR) is 119 cm³/mol. The lowest BCUT2D eigenvalue weighted by molar-refractivity contribution is 0.103. The van der Waals surface area contributed by atoms with Crippen molar-refractivity contribution >= 4 is 55.4 Å². The fourth-order valence-corrected chi connectivity index (χ4v) is 5.80. The minimum Gasteiger partial charge on any atom is -0.297 e. The Balaban J connectivity index is 1.39. The summed E-state index contributed by atoms with van der Waals surface area (Å²) in [6.45, 7) is 0. The highest BCUT2D eigenvalue weighted by Gasteiger charge is 2.18. The highest BCUT2D eigenvalue weighted by Crippen LogP contribution is 2.36. The summed E-state index contributed by atoms with van der Waals surface area (Å²) in [5.41, 5.74) is 4.89. The van der Waals surface area contributed by atoms with Gasteiger partial charge in [0.05, 0.1) is 10.7 Å². The second-order valence-corrected chi connectivity index (χ2v) is 9.21. The molecule has 0 saturated heterocycles. The number of thiophene rings is 1. The Bertz CT molecular complexity index is 1190. The molecule has 6 heteroatoms. The van der Waals surface area contributed by atoms with Gasteiger partial charge in [0.25, 0.3) is 5.91 Å². The standard InChI is InChI=1S/C22H17ClN2OS2/c23-19-16-7-3-4-8-18(16)28-20(19)21(26)25-22-24-17(12-27-22)15-10-9-13-5-1-2-6-14(13)11-15/h3-4,7-12H,1-2,5-6H2,(H,24,25,26). The number of nitrogens with zero attached hydrogens (tertiary/aromatic N) is 1. The number of hydrogen-bond acceptors (Lipinski definition) is 4. The van der Waals surface area contributed by atoms with Crippen LogP contribution in [-0.2, 0) is 12.8 Å². The first-order chi connectivity index (χ1) is 13.7. The van der Waals surface area contributed by atoms with Crippen LogP contribution in [0.15, 0.2) is 47.8 Å². The second kappa shape index (κ2) is 7.32. The number of thiazole rings is 1. The van der Waals surface area contributed by atoms with Crippen molar-refractivity contribution in [2.24, 2.45) is 0 Å². The zero-order valence-electron chi connectivity index (χ0n) is 15.0. The lowest BCUT2D eigenvalue weighted by atomic mass is 9.90. The lowest BCUT2D eigenvalue weighted by Crippen LogP contribution is -2.10. The van der Waals surface area contributed by atoms with Crippen LogP contribution in [0.1, 0.15) is 33.6 Å². The van der Waals surface area contributed by atoms with Crippen LogP contribution in [0.25, 0.3) is 21.3 Å². The third kappa shape index (κ3) is 3.24.